The molecule has 0 bridgehead atoms. The van der Waals surface area contributed by atoms with E-state index in [0.717, 1.165) is 24.3 Å². The zero-order chi connectivity index (χ0) is 23.4. The van der Waals surface area contributed by atoms with Crippen LogP contribution in [-0.2, 0) is 10.0 Å². The number of sulfonamides is 1. The molecule has 0 radical (unpaired) electrons. The first kappa shape index (κ1) is 21.9. The lowest BCUT2D eigenvalue weighted by molar-refractivity contribution is 0.102. The van der Waals surface area contributed by atoms with Crippen molar-refractivity contribution in [2.45, 2.75) is 4.90 Å². The molecule has 12 heteroatoms. The Kier molecular flexibility index (Phi) is 6.00. The van der Waals surface area contributed by atoms with E-state index >= 15 is 0 Å². The van der Waals surface area contributed by atoms with Crippen LogP contribution in [0.3, 0.4) is 0 Å². The van der Waals surface area contributed by atoms with Crippen molar-refractivity contribution in [3.63, 3.8) is 0 Å². The number of carbonyl (C=O) groups is 1. The molecule has 0 aliphatic carbocycles. The number of nitrogens with one attached hydrogen (secondary N) is 2. The van der Waals surface area contributed by atoms with Gasteiger partial charge in [0.15, 0.2) is 0 Å². The van der Waals surface area contributed by atoms with Crippen molar-refractivity contribution < 1.29 is 22.3 Å². The van der Waals surface area contributed by atoms with Gasteiger partial charge >= 0.3 is 0 Å². The highest BCUT2D eigenvalue weighted by molar-refractivity contribution is 7.92. The summed E-state index contributed by atoms with van der Waals surface area (Å²) in [5.41, 5.74) is 1.36. The first-order valence-corrected chi connectivity index (χ1v) is 11.0. The van der Waals surface area contributed by atoms with Gasteiger partial charge < -0.3 is 10.1 Å². The highest BCUT2D eigenvalue weighted by Crippen LogP contribution is 2.30. The fourth-order valence-electron chi connectivity index (χ4n) is 2.96. The van der Waals surface area contributed by atoms with Crippen LogP contribution in [-0.4, -0.2) is 41.6 Å². The number of benzene rings is 3. The van der Waals surface area contributed by atoms with Crippen LogP contribution in [0.25, 0.3) is 5.69 Å². The van der Waals surface area contributed by atoms with Crippen LogP contribution in [0.1, 0.15) is 10.4 Å². The smallest absolute Gasteiger partial charge is 0.262 e. The average Bonchev–Trinajstić information content (AvgIpc) is 3.34. The quantitative estimate of drug-likeness (QED) is 0.427. The molecule has 168 valence electrons. The number of halogens is 1. The van der Waals surface area contributed by atoms with E-state index in [2.05, 4.69) is 25.6 Å². The van der Waals surface area contributed by atoms with Crippen molar-refractivity contribution in [2.24, 2.45) is 0 Å². The van der Waals surface area contributed by atoms with Crippen LogP contribution in [0.5, 0.6) is 5.75 Å². The second-order valence-electron chi connectivity index (χ2n) is 6.73. The lowest BCUT2D eigenvalue weighted by Crippen LogP contribution is -2.15. The zero-order valence-electron chi connectivity index (χ0n) is 17.1. The molecule has 4 aromatic rings. The molecule has 0 spiro atoms. The largest absolute Gasteiger partial charge is 0.495 e. The predicted octanol–water partition coefficient (Wildman–Crippen LogP) is 2.86. The van der Waals surface area contributed by atoms with Gasteiger partial charge in [0, 0.05) is 11.3 Å². The molecule has 0 saturated carbocycles. The lowest BCUT2D eigenvalue weighted by Gasteiger charge is -2.14. The third-order valence-electron chi connectivity index (χ3n) is 4.55. The molecule has 0 aliphatic rings. The summed E-state index contributed by atoms with van der Waals surface area (Å²) in [4.78, 5) is 12.6. The molecule has 2 N–H and O–H groups in total. The maximum atomic E-state index is 13.2. The van der Waals surface area contributed by atoms with Gasteiger partial charge in [0.1, 0.15) is 17.9 Å². The van der Waals surface area contributed by atoms with E-state index in [1.807, 2.05) is 0 Å². The van der Waals surface area contributed by atoms with Gasteiger partial charge in [-0.1, -0.05) is 6.07 Å². The second-order valence-corrected chi connectivity index (χ2v) is 8.42. The molecule has 3 aromatic carbocycles. The molecule has 1 amide bonds. The van der Waals surface area contributed by atoms with Crippen molar-refractivity contribution in [1.82, 2.24) is 20.2 Å². The molecule has 10 nitrogen and oxygen atoms in total. The second kappa shape index (κ2) is 9.04. The van der Waals surface area contributed by atoms with Crippen LogP contribution in [0.4, 0.5) is 15.8 Å². The monoisotopic (exact) mass is 468 g/mol. The van der Waals surface area contributed by atoms with Gasteiger partial charge in [0.2, 0.25) is 0 Å². The van der Waals surface area contributed by atoms with Gasteiger partial charge in [0.05, 0.1) is 23.4 Å². The van der Waals surface area contributed by atoms with E-state index in [9.17, 15) is 17.6 Å². The lowest BCUT2D eigenvalue weighted by atomic mass is 10.1. The average molecular weight is 468 g/mol. The van der Waals surface area contributed by atoms with Crippen molar-refractivity contribution in [1.29, 1.82) is 0 Å². The minimum atomic E-state index is -4.02. The van der Waals surface area contributed by atoms with E-state index in [4.69, 9.17) is 4.74 Å². The fraction of sp³-hybridized carbons (Fsp3) is 0.0476. The molecular weight excluding hydrogens is 451 g/mol. The van der Waals surface area contributed by atoms with Gasteiger partial charge in [-0.05, 0) is 71.1 Å². The maximum Gasteiger partial charge on any atom is 0.262 e. The summed E-state index contributed by atoms with van der Waals surface area (Å²) in [5, 5.41) is 13.6. The summed E-state index contributed by atoms with van der Waals surface area (Å²) in [6, 6.07) is 15.5. The van der Waals surface area contributed by atoms with Gasteiger partial charge in [-0.25, -0.2) is 17.5 Å². The zero-order valence-corrected chi connectivity index (χ0v) is 18.0. The fourth-order valence-corrected chi connectivity index (χ4v) is 4.02. The summed E-state index contributed by atoms with van der Waals surface area (Å²) in [7, 11) is -2.64. The first-order valence-electron chi connectivity index (χ1n) is 9.47. The Hall–Kier alpha value is -4.32. The standard InChI is InChI=1S/C21H17FN6O4S/c1-32-20-10-7-16(12-19(20)25-33(30,31)18-8-5-15(22)6-9-18)24-21(29)14-3-2-4-17(11-14)28-13-23-26-27-28/h2-13,25H,1H3,(H,24,29). The van der Waals surface area contributed by atoms with Crippen LogP contribution < -0.4 is 14.8 Å². The van der Waals surface area contributed by atoms with Gasteiger partial charge in [-0.3, -0.25) is 9.52 Å². The Bertz CT molecular complexity index is 1390. The number of tetrazole rings is 1. The number of ether oxygens (including phenoxy) is 1. The number of methoxy groups -OCH3 is 1. The highest BCUT2D eigenvalue weighted by atomic mass is 32.2. The third kappa shape index (κ3) is 4.96. The number of amides is 1. The van der Waals surface area contributed by atoms with Crippen molar-refractivity contribution >= 4 is 27.3 Å². The number of nitrogens with zero attached hydrogens (tertiary/aromatic N) is 4. The summed E-state index contributed by atoms with van der Waals surface area (Å²) < 4.78 is 47.6. The van der Waals surface area contributed by atoms with E-state index in [1.165, 1.54) is 30.3 Å². The van der Waals surface area contributed by atoms with Gasteiger partial charge in [-0.2, -0.15) is 0 Å². The third-order valence-corrected chi connectivity index (χ3v) is 5.93. The molecule has 0 fully saturated rings. The van der Waals surface area contributed by atoms with E-state index in [0.29, 0.717) is 16.9 Å². The Labute approximate surface area is 188 Å². The summed E-state index contributed by atoms with van der Waals surface area (Å²) in [5.74, 6) is -0.748. The van der Waals surface area contributed by atoms with E-state index < -0.39 is 21.7 Å². The molecule has 4 rings (SSSR count). The topological polar surface area (TPSA) is 128 Å². The number of rotatable bonds is 7. The molecule has 1 heterocycles. The van der Waals surface area contributed by atoms with E-state index in [1.54, 1.807) is 30.3 Å². The van der Waals surface area contributed by atoms with Crippen LogP contribution >= 0.6 is 0 Å². The van der Waals surface area contributed by atoms with Crippen LogP contribution in [0.2, 0.25) is 0 Å². The number of hydrogen-bond acceptors (Lipinski definition) is 7. The van der Waals surface area contributed by atoms with Crippen molar-refractivity contribution in [3.8, 4) is 11.4 Å². The molecule has 0 unspecified atom stereocenters. The molecule has 0 aliphatic heterocycles. The maximum absolute atomic E-state index is 13.2. The minimum absolute atomic E-state index is 0.0991. The SMILES string of the molecule is COc1ccc(NC(=O)c2cccc(-n3cnnn3)c2)cc1NS(=O)(=O)c1ccc(F)cc1. The minimum Gasteiger partial charge on any atom is -0.495 e. The number of carbonyl (C=O) groups excluding carboxylic acids is 1. The molecule has 33 heavy (non-hydrogen) atoms. The summed E-state index contributed by atoms with van der Waals surface area (Å²) >= 11 is 0. The highest BCUT2D eigenvalue weighted by Gasteiger charge is 2.18. The van der Waals surface area contributed by atoms with Gasteiger partial charge in [-0.15, -0.1) is 5.10 Å². The van der Waals surface area contributed by atoms with Crippen molar-refractivity contribution in [2.75, 3.05) is 17.1 Å². The molecule has 0 saturated heterocycles. The number of anilines is 2. The van der Waals surface area contributed by atoms with E-state index in [-0.39, 0.29) is 16.3 Å². The summed E-state index contributed by atoms with van der Waals surface area (Å²) in [6.45, 7) is 0. The molecular formula is C21H17FN6O4S. The normalized spacial score (nSPS) is 11.1. The Morgan fingerprint density at radius 1 is 1.06 bits per heavy atom. The Morgan fingerprint density at radius 3 is 2.55 bits per heavy atom. The van der Waals surface area contributed by atoms with Crippen LogP contribution in [0, 0.1) is 5.82 Å². The first-order chi connectivity index (χ1) is 15.9. The number of hydrogen-bond donors (Lipinski definition) is 2. The van der Waals surface area contributed by atoms with Gasteiger partial charge in [0.25, 0.3) is 15.9 Å². The van der Waals surface area contributed by atoms with Crippen LogP contribution in [0.15, 0.2) is 78.0 Å². The Morgan fingerprint density at radius 2 is 1.85 bits per heavy atom. The molecule has 0 atom stereocenters. The summed E-state index contributed by atoms with van der Waals surface area (Å²) in [6.07, 6.45) is 1.40. The van der Waals surface area contributed by atoms with Crippen molar-refractivity contribution in [3.05, 3.63) is 84.4 Å². The Balaban J connectivity index is 1.57. The predicted molar refractivity (Wildman–Crippen MR) is 117 cm³/mol. The number of aromatic nitrogens is 4. The molecule has 1 aromatic heterocycles.